The topological polar surface area (TPSA) is 12.0 Å². The van der Waals surface area contributed by atoms with Gasteiger partial charge in [0.15, 0.2) is 0 Å². The molecule has 96 valence electrons. The molecule has 4 heteroatoms. The molecular weight excluding hydrogens is 330 g/mol. The van der Waals surface area contributed by atoms with Gasteiger partial charge >= 0.3 is 0 Å². The number of nitrogens with one attached hydrogen (secondary N) is 1. The largest absolute Gasteiger partial charge is 0.306 e. The maximum Gasteiger partial charge on any atom is 0.0602 e. The van der Waals surface area contributed by atoms with Gasteiger partial charge in [0.05, 0.1) is 6.04 Å². The van der Waals surface area contributed by atoms with Crippen LogP contribution in [0.25, 0.3) is 0 Å². The molecular formula is C14H15BrClNS. The summed E-state index contributed by atoms with van der Waals surface area (Å²) in [6.07, 6.45) is 0. The SMILES string of the molecule is CCNC(c1ccc(Br)cc1Cl)c1ccsc1C. The van der Waals surface area contributed by atoms with Crippen molar-refractivity contribution in [1.82, 2.24) is 5.32 Å². The van der Waals surface area contributed by atoms with Crippen LogP contribution in [0, 0.1) is 6.92 Å². The fourth-order valence-corrected chi connectivity index (χ4v) is 3.54. The van der Waals surface area contributed by atoms with Gasteiger partial charge in [-0.1, -0.05) is 40.5 Å². The highest BCUT2D eigenvalue weighted by atomic mass is 79.9. The molecule has 0 aliphatic carbocycles. The van der Waals surface area contributed by atoms with Gasteiger partial charge in [0.25, 0.3) is 0 Å². The first-order valence-electron chi connectivity index (χ1n) is 5.85. The molecule has 0 saturated carbocycles. The molecule has 0 spiro atoms. The number of hydrogen-bond acceptors (Lipinski definition) is 2. The van der Waals surface area contributed by atoms with E-state index in [4.69, 9.17) is 11.6 Å². The summed E-state index contributed by atoms with van der Waals surface area (Å²) >= 11 is 11.6. The summed E-state index contributed by atoms with van der Waals surface area (Å²) in [5, 5.41) is 6.43. The first kappa shape index (κ1) is 14.1. The van der Waals surface area contributed by atoms with E-state index >= 15 is 0 Å². The second kappa shape index (κ2) is 6.20. The van der Waals surface area contributed by atoms with Gasteiger partial charge in [-0.2, -0.15) is 0 Å². The van der Waals surface area contributed by atoms with E-state index in [1.54, 1.807) is 11.3 Å². The second-order valence-corrected chi connectivity index (χ2v) is 6.53. The first-order valence-corrected chi connectivity index (χ1v) is 7.91. The van der Waals surface area contributed by atoms with Gasteiger partial charge in [-0.25, -0.2) is 0 Å². The Morgan fingerprint density at radius 1 is 1.33 bits per heavy atom. The van der Waals surface area contributed by atoms with E-state index in [-0.39, 0.29) is 6.04 Å². The lowest BCUT2D eigenvalue weighted by Gasteiger charge is -2.20. The van der Waals surface area contributed by atoms with Crippen molar-refractivity contribution < 1.29 is 0 Å². The quantitative estimate of drug-likeness (QED) is 0.806. The Hall–Kier alpha value is -0.350. The van der Waals surface area contributed by atoms with Gasteiger partial charge in [0, 0.05) is 14.4 Å². The van der Waals surface area contributed by atoms with Crippen molar-refractivity contribution in [3.8, 4) is 0 Å². The standard InChI is InChI=1S/C14H15BrClNS/c1-3-17-14(11-6-7-18-9(11)2)12-5-4-10(15)8-13(12)16/h4-8,14,17H,3H2,1-2H3. The van der Waals surface area contributed by atoms with Crippen LogP contribution >= 0.6 is 38.9 Å². The van der Waals surface area contributed by atoms with Crippen LogP contribution in [0.2, 0.25) is 5.02 Å². The van der Waals surface area contributed by atoms with Gasteiger partial charge in [-0.3, -0.25) is 0 Å². The summed E-state index contributed by atoms with van der Waals surface area (Å²) in [5.74, 6) is 0. The van der Waals surface area contributed by atoms with E-state index in [1.165, 1.54) is 10.4 Å². The Labute approximate surface area is 125 Å². The van der Waals surface area contributed by atoms with Crippen molar-refractivity contribution >= 4 is 38.9 Å². The normalized spacial score (nSPS) is 12.7. The minimum absolute atomic E-state index is 0.168. The maximum absolute atomic E-state index is 6.36. The molecule has 1 unspecified atom stereocenters. The van der Waals surface area contributed by atoms with Crippen LogP contribution < -0.4 is 5.32 Å². The fourth-order valence-electron chi connectivity index (χ4n) is 2.02. The number of aryl methyl sites for hydroxylation is 1. The smallest absolute Gasteiger partial charge is 0.0602 e. The van der Waals surface area contributed by atoms with Crippen LogP contribution in [0.3, 0.4) is 0 Å². The summed E-state index contributed by atoms with van der Waals surface area (Å²) in [6.45, 7) is 5.17. The van der Waals surface area contributed by atoms with Crippen LogP contribution in [0.5, 0.6) is 0 Å². The molecule has 0 aliphatic rings. The third kappa shape index (κ3) is 2.97. The Bertz CT molecular complexity index is 538. The van der Waals surface area contributed by atoms with E-state index in [2.05, 4.69) is 52.6 Å². The van der Waals surface area contributed by atoms with Crippen molar-refractivity contribution in [2.45, 2.75) is 19.9 Å². The van der Waals surface area contributed by atoms with Gasteiger partial charge in [-0.05, 0) is 48.2 Å². The predicted molar refractivity (Wildman–Crippen MR) is 83.7 cm³/mol. The molecule has 0 bridgehead atoms. The third-order valence-electron chi connectivity index (χ3n) is 2.89. The fraction of sp³-hybridized carbons (Fsp3) is 0.286. The predicted octanol–water partition coefficient (Wildman–Crippen LogP) is 5.17. The molecule has 0 radical (unpaired) electrons. The number of benzene rings is 1. The molecule has 1 atom stereocenters. The molecule has 2 rings (SSSR count). The highest BCUT2D eigenvalue weighted by Gasteiger charge is 2.18. The minimum atomic E-state index is 0.168. The summed E-state index contributed by atoms with van der Waals surface area (Å²) in [6, 6.07) is 8.40. The lowest BCUT2D eigenvalue weighted by atomic mass is 9.99. The van der Waals surface area contributed by atoms with Crippen molar-refractivity contribution in [2.75, 3.05) is 6.54 Å². The molecule has 0 saturated heterocycles. The molecule has 1 aromatic heterocycles. The molecule has 0 amide bonds. The van der Waals surface area contributed by atoms with E-state index in [0.29, 0.717) is 0 Å². The zero-order valence-corrected chi connectivity index (χ0v) is 13.5. The van der Waals surface area contributed by atoms with Crippen LogP contribution in [-0.4, -0.2) is 6.54 Å². The maximum atomic E-state index is 6.36. The van der Waals surface area contributed by atoms with Crippen molar-refractivity contribution in [1.29, 1.82) is 0 Å². The third-order valence-corrected chi connectivity index (χ3v) is 4.57. The van der Waals surface area contributed by atoms with Crippen molar-refractivity contribution in [3.05, 3.63) is 55.1 Å². The molecule has 2 aromatic rings. The number of thiophene rings is 1. The van der Waals surface area contributed by atoms with Gasteiger partial charge in [0.2, 0.25) is 0 Å². The minimum Gasteiger partial charge on any atom is -0.306 e. The average molecular weight is 345 g/mol. The number of rotatable bonds is 4. The number of halogens is 2. The van der Waals surface area contributed by atoms with Crippen LogP contribution in [0.15, 0.2) is 34.1 Å². The molecule has 0 aliphatic heterocycles. The molecule has 1 heterocycles. The molecule has 1 N–H and O–H groups in total. The monoisotopic (exact) mass is 343 g/mol. The van der Waals surface area contributed by atoms with E-state index < -0.39 is 0 Å². The lowest BCUT2D eigenvalue weighted by Crippen LogP contribution is -2.22. The van der Waals surface area contributed by atoms with Gasteiger partial charge in [-0.15, -0.1) is 11.3 Å². The van der Waals surface area contributed by atoms with Crippen LogP contribution in [0.1, 0.15) is 29.0 Å². The molecule has 1 aromatic carbocycles. The van der Waals surface area contributed by atoms with Crippen LogP contribution in [-0.2, 0) is 0 Å². The van der Waals surface area contributed by atoms with E-state index in [1.807, 2.05) is 12.1 Å². The van der Waals surface area contributed by atoms with E-state index in [0.717, 1.165) is 21.6 Å². The zero-order valence-electron chi connectivity index (χ0n) is 10.3. The first-order chi connectivity index (χ1) is 8.63. The zero-order chi connectivity index (χ0) is 13.1. The Morgan fingerprint density at radius 2 is 2.11 bits per heavy atom. The highest BCUT2D eigenvalue weighted by Crippen LogP contribution is 2.33. The summed E-state index contributed by atoms with van der Waals surface area (Å²) in [7, 11) is 0. The van der Waals surface area contributed by atoms with E-state index in [9.17, 15) is 0 Å². The van der Waals surface area contributed by atoms with Crippen LogP contribution in [0.4, 0.5) is 0 Å². The average Bonchev–Trinajstić information content (AvgIpc) is 2.73. The Kier molecular flexibility index (Phi) is 4.84. The summed E-state index contributed by atoms with van der Waals surface area (Å²) < 4.78 is 1.01. The highest BCUT2D eigenvalue weighted by molar-refractivity contribution is 9.10. The Balaban J connectivity index is 2.45. The molecule has 18 heavy (non-hydrogen) atoms. The second-order valence-electron chi connectivity index (χ2n) is 4.09. The molecule has 0 fully saturated rings. The van der Waals surface area contributed by atoms with Gasteiger partial charge in [0.1, 0.15) is 0 Å². The van der Waals surface area contributed by atoms with Crippen molar-refractivity contribution in [2.24, 2.45) is 0 Å². The summed E-state index contributed by atoms with van der Waals surface area (Å²) in [5.41, 5.74) is 2.44. The van der Waals surface area contributed by atoms with Gasteiger partial charge < -0.3 is 5.32 Å². The lowest BCUT2D eigenvalue weighted by molar-refractivity contribution is 0.630. The van der Waals surface area contributed by atoms with Crippen molar-refractivity contribution in [3.63, 3.8) is 0 Å². The summed E-state index contributed by atoms with van der Waals surface area (Å²) in [4.78, 5) is 1.33. The molecule has 1 nitrogen and oxygen atoms in total. The number of hydrogen-bond donors (Lipinski definition) is 1. The Morgan fingerprint density at radius 3 is 2.67 bits per heavy atom.